The molecule has 1 aromatic carbocycles. The highest BCUT2D eigenvalue weighted by Crippen LogP contribution is 2.37. The van der Waals surface area contributed by atoms with Crippen molar-refractivity contribution in [2.75, 3.05) is 5.32 Å². The minimum Gasteiger partial charge on any atom is -0.356 e. The summed E-state index contributed by atoms with van der Waals surface area (Å²) >= 11 is 17.3. The molecule has 1 N–H and O–H groups in total. The molecule has 0 amide bonds. The summed E-state index contributed by atoms with van der Waals surface area (Å²) in [5.41, 5.74) is 3.20. The Labute approximate surface area is 103 Å². The highest BCUT2D eigenvalue weighted by Gasteiger charge is 2.36. The first-order chi connectivity index (χ1) is 6.98. The Balaban J connectivity index is 2.30. The molecule has 0 aromatic heterocycles. The number of hydrogen-bond acceptors (Lipinski definition) is 2. The summed E-state index contributed by atoms with van der Waals surface area (Å²) in [6.45, 7) is 2.47. The van der Waals surface area contributed by atoms with Gasteiger partial charge in [0.1, 0.15) is 0 Å². The average molecular weight is 267 g/mol. The third-order valence-corrected chi connectivity index (χ3v) is 2.93. The molecule has 1 aromatic rings. The van der Waals surface area contributed by atoms with E-state index in [0.717, 1.165) is 16.8 Å². The van der Waals surface area contributed by atoms with Crippen LogP contribution in [0.1, 0.15) is 11.1 Å². The smallest absolute Gasteiger partial charge is 0.234 e. The standard InChI is InChI=1S/C10H10Cl3NO/c1-6-3-2-4-7-5-15-9(10(11,12)13)14-8(6)7/h2-4,9,14H,5H2,1H3. The number of nitrogens with one attached hydrogen (secondary N) is 1. The van der Waals surface area contributed by atoms with E-state index in [0.29, 0.717) is 6.61 Å². The number of rotatable bonds is 0. The van der Waals surface area contributed by atoms with Crippen molar-refractivity contribution in [3.05, 3.63) is 29.3 Å². The lowest BCUT2D eigenvalue weighted by Gasteiger charge is -2.32. The third-order valence-electron chi connectivity index (χ3n) is 2.34. The molecule has 2 nitrogen and oxygen atoms in total. The van der Waals surface area contributed by atoms with E-state index in [9.17, 15) is 0 Å². The van der Waals surface area contributed by atoms with Gasteiger partial charge >= 0.3 is 0 Å². The number of para-hydroxylation sites is 1. The molecule has 0 saturated heterocycles. The summed E-state index contributed by atoms with van der Waals surface area (Å²) in [6.07, 6.45) is -0.601. The van der Waals surface area contributed by atoms with E-state index in [-0.39, 0.29) is 0 Å². The SMILES string of the molecule is Cc1cccc2c1NC(C(Cl)(Cl)Cl)OC2. The van der Waals surface area contributed by atoms with Crippen molar-refractivity contribution in [2.45, 2.75) is 23.6 Å². The molecule has 1 unspecified atom stereocenters. The molecule has 0 aliphatic carbocycles. The van der Waals surface area contributed by atoms with Crippen molar-refractivity contribution in [1.82, 2.24) is 0 Å². The molecular formula is C10H10Cl3NO. The van der Waals surface area contributed by atoms with Crippen molar-refractivity contribution in [2.24, 2.45) is 0 Å². The van der Waals surface area contributed by atoms with E-state index in [2.05, 4.69) is 5.32 Å². The Morgan fingerprint density at radius 3 is 2.80 bits per heavy atom. The Bertz CT molecular complexity index is 375. The normalized spacial score (nSPS) is 20.7. The van der Waals surface area contributed by atoms with Gasteiger partial charge in [0.05, 0.1) is 6.61 Å². The zero-order valence-corrected chi connectivity index (χ0v) is 10.3. The van der Waals surface area contributed by atoms with Crippen LogP contribution < -0.4 is 5.32 Å². The zero-order valence-electron chi connectivity index (χ0n) is 8.06. The van der Waals surface area contributed by atoms with Gasteiger partial charge in [-0.3, -0.25) is 0 Å². The lowest BCUT2D eigenvalue weighted by Crippen LogP contribution is -2.39. The molecule has 0 spiro atoms. The minimum absolute atomic E-state index is 0.461. The first-order valence-corrected chi connectivity index (χ1v) is 5.65. The maximum absolute atomic E-state index is 5.77. The zero-order chi connectivity index (χ0) is 11.1. The van der Waals surface area contributed by atoms with Gasteiger partial charge in [0.25, 0.3) is 0 Å². The topological polar surface area (TPSA) is 21.3 Å². The number of anilines is 1. The number of hydrogen-bond donors (Lipinski definition) is 1. The van der Waals surface area contributed by atoms with Crippen molar-refractivity contribution < 1.29 is 4.74 Å². The van der Waals surface area contributed by atoms with Gasteiger partial charge in [-0.1, -0.05) is 53.0 Å². The summed E-state index contributed by atoms with van der Waals surface area (Å²) in [6, 6.07) is 5.98. The van der Waals surface area contributed by atoms with Crippen LogP contribution in [0.25, 0.3) is 0 Å². The Morgan fingerprint density at radius 2 is 2.13 bits per heavy atom. The van der Waals surface area contributed by atoms with Crippen LogP contribution in [0, 0.1) is 6.92 Å². The first-order valence-electron chi connectivity index (χ1n) is 4.52. The maximum Gasteiger partial charge on any atom is 0.234 e. The summed E-state index contributed by atoms with van der Waals surface area (Å²) in [7, 11) is 0. The molecule has 0 bridgehead atoms. The Hall–Kier alpha value is -0.150. The van der Waals surface area contributed by atoms with Crippen LogP contribution in [0.5, 0.6) is 0 Å². The predicted molar refractivity (Wildman–Crippen MR) is 63.7 cm³/mol. The third kappa shape index (κ3) is 2.34. The summed E-state index contributed by atoms with van der Waals surface area (Å²) < 4.78 is 3.96. The first kappa shape index (κ1) is 11.3. The summed E-state index contributed by atoms with van der Waals surface area (Å²) in [5, 5.41) is 3.09. The van der Waals surface area contributed by atoms with Crippen LogP contribution in [0.3, 0.4) is 0 Å². The molecule has 1 aliphatic rings. The number of ether oxygens (including phenoxy) is 1. The van der Waals surface area contributed by atoms with Crippen molar-refractivity contribution in [3.63, 3.8) is 0 Å². The van der Waals surface area contributed by atoms with E-state index in [1.165, 1.54) is 0 Å². The Kier molecular flexibility index (Phi) is 3.04. The quantitative estimate of drug-likeness (QED) is 0.724. The van der Waals surface area contributed by atoms with Crippen molar-refractivity contribution >= 4 is 40.5 Å². The van der Waals surface area contributed by atoms with E-state index < -0.39 is 10.0 Å². The molecule has 0 radical (unpaired) electrons. The molecule has 0 saturated carbocycles. The van der Waals surface area contributed by atoms with Gasteiger partial charge in [-0.15, -0.1) is 0 Å². The lowest BCUT2D eigenvalue weighted by molar-refractivity contribution is 0.0538. The minimum atomic E-state index is -1.46. The van der Waals surface area contributed by atoms with Crippen LogP contribution in [-0.2, 0) is 11.3 Å². The molecule has 5 heteroatoms. The fourth-order valence-corrected chi connectivity index (χ4v) is 1.93. The molecule has 15 heavy (non-hydrogen) atoms. The van der Waals surface area contributed by atoms with Gasteiger partial charge in [-0.05, 0) is 12.5 Å². The largest absolute Gasteiger partial charge is 0.356 e. The average Bonchev–Trinajstić information content (AvgIpc) is 2.16. The van der Waals surface area contributed by atoms with Crippen molar-refractivity contribution in [1.29, 1.82) is 0 Å². The van der Waals surface area contributed by atoms with Crippen LogP contribution in [0.4, 0.5) is 5.69 Å². The summed E-state index contributed by atoms with van der Waals surface area (Å²) in [5.74, 6) is 0. The lowest BCUT2D eigenvalue weighted by atomic mass is 10.1. The van der Waals surface area contributed by atoms with Crippen LogP contribution in [0.2, 0.25) is 0 Å². The van der Waals surface area contributed by atoms with Crippen molar-refractivity contribution in [3.8, 4) is 0 Å². The van der Waals surface area contributed by atoms with E-state index in [1.807, 2.05) is 25.1 Å². The number of fused-ring (bicyclic) bond motifs is 1. The fourth-order valence-electron chi connectivity index (χ4n) is 1.58. The highest BCUT2D eigenvalue weighted by atomic mass is 35.6. The van der Waals surface area contributed by atoms with Crippen LogP contribution in [-0.4, -0.2) is 10.0 Å². The molecule has 1 atom stereocenters. The highest BCUT2D eigenvalue weighted by molar-refractivity contribution is 6.68. The predicted octanol–water partition coefficient (Wildman–Crippen LogP) is 3.63. The fraction of sp³-hybridized carbons (Fsp3) is 0.400. The van der Waals surface area contributed by atoms with Crippen LogP contribution in [0.15, 0.2) is 18.2 Å². The molecule has 82 valence electrons. The molecular weight excluding hydrogens is 256 g/mol. The second-order valence-corrected chi connectivity index (χ2v) is 5.85. The van der Waals surface area contributed by atoms with E-state index in [1.54, 1.807) is 0 Å². The molecule has 2 rings (SSSR count). The van der Waals surface area contributed by atoms with E-state index in [4.69, 9.17) is 39.5 Å². The van der Waals surface area contributed by atoms with Gasteiger partial charge in [-0.2, -0.15) is 0 Å². The van der Waals surface area contributed by atoms with E-state index >= 15 is 0 Å². The molecule has 1 heterocycles. The number of alkyl halides is 3. The van der Waals surface area contributed by atoms with Gasteiger partial charge < -0.3 is 10.1 Å². The Morgan fingerprint density at radius 1 is 1.40 bits per heavy atom. The number of halogens is 3. The maximum atomic E-state index is 5.77. The van der Waals surface area contributed by atoms with Crippen LogP contribution >= 0.6 is 34.8 Å². The van der Waals surface area contributed by atoms with Gasteiger partial charge in [-0.25, -0.2) is 0 Å². The molecule has 0 fully saturated rings. The van der Waals surface area contributed by atoms with Gasteiger partial charge in [0.15, 0.2) is 6.23 Å². The number of benzene rings is 1. The summed E-state index contributed by atoms with van der Waals surface area (Å²) in [4.78, 5) is 0. The van der Waals surface area contributed by atoms with Gasteiger partial charge in [0, 0.05) is 11.3 Å². The second-order valence-electron chi connectivity index (χ2n) is 3.49. The monoisotopic (exact) mass is 265 g/mol. The molecule has 1 aliphatic heterocycles. The second kappa shape index (κ2) is 4.02. The van der Waals surface area contributed by atoms with Gasteiger partial charge in [0.2, 0.25) is 3.79 Å². The number of aryl methyl sites for hydroxylation is 1.